The van der Waals surface area contributed by atoms with Crippen molar-refractivity contribution in [3.8, 4) is 0 Å². The van der Waals surface area contributed by atoms with E-state index in [2.05, 4.69) is 0 Å². The fraction of sp³-hybridized carbons (Fsp3) is 1.00. The summed E-state index contributed by atoms with van der Waals surface area (Å²) in [6.45, 7) is 5.26. The number of hydrogen-bond acceptors (Lipinski definition) is 3. The monoisotopic (exact) mass is 290 g/mol. The summed E-state index contributed by atoms with van der Waals surface area (Å²) in [6.07, 6.45) is 7.58. The minimum atomic E-state index is -3.19. The normalized spacial score (nSPS) is 19.8. The highest BCUT2D eigenvalue weighted by Crippen LogP contribution is 2.26. The third kappa shape index (κ3) is 5.40. The van der Waals surface area contributed by atoms with Gasteiger partial charge in [-0.25, -0.2) is 12.7 Å². The van der Waals surface area contributed by atoms with Crippen LogP contribution >= 0.6 is 0 Å². The molecule has 2 N–H and O–H groups in total. The van der Waals surface area contributed by atoms with Crippen LogP contribution in [0.5, 0.6) is 0 Å². The number of rotatable bonds is 8. The maximum absolute atomic E-state index is 12.4. The summed E-state index contributed by atoms with van der Waals surface area (Å²) in [5.74, 6) is 0.520. The van der Waals surface area contributed by atoms with Crippen molar-refractivity contribution in [1.82, 2.24) is 4.31 Å². The third-order valence-corrected chi connectivity index (χ3v) is 5.96. The van der Waals surface area contributed by atoms with Gasteiger partial charge in [-0.2, -0.15) is 0 Å². The molecule has 0 heterocycles. The average molecular weight is 290 g/mol. The van der Waals surface area contributed by atoms with E-state index in [0.717, 1.165) is 25.7 Å². The van der Waals surface area contributed by atoms with Gasteiger partial charge >= 0.3 is 0 Å². The average Bonchev–Trinajstić information content (AvgIpc) is 2.39. The first-order chi connectivity index (χ1) is 9.01. The van der Waals surface area contributed by atoms with Crippen LogP contribution in [0.1, 0.15) is 58.8 Å². The van der Waals surface area contributed by atoms with Crippen LogP contribution in [-0.4, -0.2) is 37.6 Å². The molecule has 19 heavy (non-hydrogen) atoms. The number of nitrogens with zero attached hydrogens (tertiary/aromatic N) is 1. The Morgan fingerprint density at radius 3 is 2.11 bits per heavy atom. The molecule has 1 atom stereocenters. The van der Waals surface area contributed by atoms with Gasteiger partial charge in [-0.15, -0.1) is 0 Å². The Morgan fingerprint density at radius 2 is 1.63 bits per heavy atom. The highest BCUT2D eigenvalue weighted by molar-refractivity contribution is 7.89. The Bertz CT molecular complexity index is 331. The molecule has 0 amide bonds. The van der Waals surface area contributed by atoms with Crippen LogP contribution in [0, 0.1) is 5.92 Å². The lowest BCUT2D eigenvalue weighted by Gasteiger charge is -2.29. The Balaban J connectivity index is 2.59. The summed E-state index contributed by atoms with van der Waals surface area (Å²) < 4.78 is 26.4. The predicted octanol–water partition coefficient (Wildman–Crippen LogP) is 2.35. The fourth-order valence-electron chi connectivity index (χ4n) is 2.94. The van der Waals surface area contributed by atoms with Gasteiger partial charge in [-0.3, -0.25) is 0 Å². The summed E-state index contributed by atoms with van der Waals surface area (Å²) in [4.78, 5) is 0. The number of nitrogens with two attached hydrogens (primary N) is 1. The highest BCUT2D eigenvalue weighted by atomic mass is 32.2. The van der Waals surface area contributed by atoms with E-state index >= 15 is 0 Å². The lowest BCUT2D eigenvalue weighted by molar-refractivity contribution is 0.313. The molecule has 1 unspecified atom stereocenters. The molecule has 1 aliphatic carbocycles. The Morgan fingerprint density at radius 1 is 1.11 bits per heavy atom. The van der Waals surface area contributed by atoms with Gasteiger partial charge in [0.25, 0.3) is 0 Å². The van der Waals surface area contributed by atoms with E-state index in [1.165, 1.54) is 19.3 Å². The molecule has 1 rings (SSSR count). The Hall–Kier alpha value is -0.130. The molecular weight excluding hydrogens is 260 g/mol. The predicted molar refractivity (Wildman–Crippen MR) is 80.5 cm³/mol. The van der Waals surface area contributed by atoms with Gasteiger partial charge in [0.2, 0.25) is 10.0 Å². The van der Waals surface area contributed by atoms with Crippen molar-refractivity contribution in [2.45, 2.75) is 64.8 Å². The van der Waals surface area contributed by atoms with Crippen molar-refractivity contribution >= 4 is 10.0 Å². The van der Waals surface area contributed by atoms with E-state index in [1.54, 1.807) is 4.31 Å². The van der Waals surface area contributed by atoms with Crippen LogP contribution in [0.2, 0.25) is 0 Å². The molecule has 1 saturated carbocycles. The largest absolute Gasteiger partial charge is 0.326 e. The minimum Gasteiger partial charge on any atom is -0.326 e. The topological polar surface area (TPSA) is 63.4 Å². The van der Waals surface area contributed by atoms with Crippen molar-refractivity contribution in [1.29, 1.82) is 0 Å². The van der Waals surface area contributed by atoms with Crippen molar-refractivity contribution in [2.24, 2.45) is 11.7 Å². The number of hydrogen-bond donors (Lipinski definition) is 1. The summed E-state index contributed by atoms with van der Waals surface area (Å²) in [6, 6.07) is -0.193. The Labute approximate surface area is 118 Å². The lowest BCUT2D eigenvalue weighted by Crippen LogP contribution is -2.44. The maximum Gasteiger partial charge on any atom is 0.215 e. The molecular formula is C14H30N2O2S. The molecule has 0 aromatic rings. The molecule has 114 valence electrons. The third-order valence-electron chi connectivity index (χ3n) is 4.00. The van der Waals surface area contributed by atoms with E-state index < -0.39 is 10.0 Å². The first-order valence-corrected chi connectivity index (χ1v) is 9.35. The second-order valence-corrected chi connectivity index (χ2v) is 7.75. The molecule has 0 aromatic heterocycles. The zero-order valence-corrected chi connectivity index (χ0v) is 13.3. The second-order valence-electron chi connectivity index (χ2n) is 5.74. The zero-order valence-electron chi connectivity index (χ0n) is 12.5. The molecule has 1 aliphatic rings. The SMILES string of the molecule is CCCN(CCC)S(=O)(=O)CC(N)C1CCCCC1. The summed E-state index contributed by atoms with van der Waals surface area (Å²) >= 11 is 0. The van der Waals surface area contributed by atoms with Gasteiger partial charge in [-0.1, -0.05) is 33.1 Å². The van der Waals surface area contributed by atoms with Crippen LogP contribution in [0.15, 0.2) is 0 Å². The van der Waals surface area contributed by atoms with E-state index in [-0.39, 0.29) is 11.8 Å². The molecule has 0 radical (unpaired) electrons. The van der Waals surface area contributed by atoms with Gasteiger partial charge in [0.15, 0.2) is 0 Å². The van der Waals surface area contributed by atoms with E-state index in [0.29, 0.717) is 19.0 Å². The van der Waals surface area contributed by atoms with Crippen LogP contribution < -0.4 is 5.73 Å². The van der Waals surface area contributed by atoms with Crippen LogP contribution in [0.4, 0.5) is 0 Å². The van der Waals surface area contributed by atoms with Crippen LogP contribution in [0.25, 0.3) is 0 Å². The Kier molecular flexibility index (Phi) is 7.32. The van der Waals surface area contributed by atoms with Gasteiger partial charge in [0, 0.05) is 19.1 Å². The molecule has 0 spiro atoms. The van der Waals surface area contributed by atoms with Gasteiger partial charge < -0.3 is 5.73 Å². The first-order valence-electron chi connectivity index (χ1n) is 7.74. The lowest BCUT2D eigenvalue weighted by atomic mass is 9.85. The minimum absolute atomic E-state index is 0.123. The molecule has 1 fully saturated rings. The van der Waals surface area contributed by atoms with Crippen molar-refractivity contribution < 1.29 is 8.42 Å². The number of sulfonamides is 1. The van der Waals surface area contributed by atoms with Crippen molar-refractivity contribution in [3.05, 3.63) is 0 Å². The van der Waals surface area contributed by atoms with Crippen molar-refractivity contribution in [2.75, 3.05) is 18.8 Å². The van der Waals surface area contributed by atoms with Gasteiger partial charge in [-0.05, 0) is 31.6 Å². The van der Waals surface area contributed by atoms with E-state index in [4.69, 9.17) is 5.73 Å². The zero-order chi connectivity index (χ0) is 14.3. The first kappa shape index (κ1) is 16.9. The molecule has 0 saturated heterocycles. The van der Waals surface area contributed by atoms with E-state index in [9.17, 15) is 8.42 Å². The maximum atomic E-state index is 12.4. The highest BCUT2D eigenvalue weighted by Gasteiger charge is 2.28. The van der Waals surface area contributed by atoms with Gasteiger partial charge in [0.1, 0.15) is 0 Å². The van der Waals surface area contributed by atoms with Gasteiger partial charge in [0.05, 0.1) is 5.75 Å². The molecule has 5 heteroatoms. The quantitative estimate of drug-likeness (QED) is 0.746. The van der Waals surface area contributed by atoms with E-state index in [1.807, 2.05) is 13.8 Å². The molecule has 0 aromatic carbocycles. The molecule has 0 aliphatic heterocycles. The summed E-state index contributed by atoms with van der Waals surface area (Å²) in [7, 11) is -3.19. The molecule has 4 nitrogen and oxygen atoms in total. The standard InChI is InChI=1S/C14H30N2O2S/c1-3-10-16(11-4-2)19(17,18)12-14(15)13-8-6-5-7-9-13/h13-14H,3-12,15H2,1-2H3. The smallest absolute Gasteiger partial charge is 0.215 e. The summed E-state index contributed by atoms with van der Waals surface area (Å²) in [5, 5.41) is 0. The second kappa shape index (κ2) is 8.22. The summed E-state index contributed by atoms with van der Waals surface area (Å²) in [5.41, 5.74) is 6.16. The van der Waals surface area contributed by atoms with Crippen LogP contribution in [0.3, 0.4) is 0 Å². The van der Waals surface area contributed by atoms with Crippen LogP contribution in [-0.2, 0) is 10.0 Å². The van der Waals surface area contributed by atoms with Crippen molar-refractivity contribution in [3.63, 3.8) is 0 Å². The molecule has 0 bridgehead atoms. The fourth-order valence-corrected chi connectivity index (χ4v) is 4.83.